The van der Waals surface area contributed by atoms with Crippen molar-refractivity contribution in [3.63, 3.8) is 0 Å². The Balaban J connectivity index is 1.36. The van der Waals surface area contributed by atoms with E-state index in [1.54, 1.807) is 12.1 Å². The number of hydrogen-bond acceptors (Lipinski definition) is 8. The molecule has 3 aliphatic rings. The molecule has 2 fully saturated rings. The number of sulfone groups is 1. The van der Waals surface area contributed by atoms with Gasteiger partial charge < -0.3 is 9.64 Å². The van der Waals surface area contributed by atoms with Crippen molar-refractivity contribution in [2.75, 3.05) is 18.9 Å². The minimum atomic E-state index is -3.40. The minimum Gasteiger partial charge on any atom is -0.359 e. The van der Waals surface area contributed by atoms with Gasteiger partial charge in [0, 0.05) is 24.2 Å². The largest absolute Gasteiger partial charge is 0.359 e. The number of carbonyl (C=O) groups excluding carboxylic acids is 1. The van der Waals surface area contributed by atoms with Crippen LogP contribution in [-0.4, -0.2) is 54.1 Å². The summed E-state index contributed by atoms with van der Waals surface area (Å²) < 4.78 is 32.2. The summed E-state index contributed by atoms with van der Waals surface area (Å²) in [4.78, 5) is 26.1. The van der Waals surface area contributed by atoms with Crippen LogP contribution in [0.4, 0.5) is 5.13 Å². The molecule has 5 rings (SSSR count). The number of amides is 1. The molecule has 0 spiro atoms. The molecular formula is C25H34N4O4S2. The molecule has 2 aromatic rings. The topological polar surface area (TPSA) is 101 Å². The molecule has 2 aromatic heterocycles. The van der Waals surface area contributed by atoms with Gasteiger partial charge in [0.15, 0.2) is 21.1 Å². The van der Waals surface area contributed by atoms with Gasteiger partial charge in [0.2, 0.25) is 0 Å². The average molecular weight is 519 g/mol. The van der Waals surface area contributed by atoms with E-state index in [1.165, 1.54) is 28.8 Å². The second kappa shape index (κ2) is 10.6. The van der Waals surface area contributed by atoms with Gasteiger partial charge in [-0.15, -0.1) is 11.3 Å². The van der Waals surface area contributed by atoms with E-state index in [1.807, 2.05) is 0 Å². The molecule has 1 N–H and O–H groups in total. The zero-order valence-electron chi connectivity index (χ0n) is 20.2. The fourth-order valence-electron chi connectivity index (χ4n) is 5.32. The summed E-state index contributed by atoms with van der Waals surface area (Å²) in [7, 11) is -1.33. The van der Waals surface area contributed by atoms with E-state index in [0.717, 1.165) is 63.7 Å². The normalized spacial score (nSPS) is 21.1. The van der Waals surface area contributed by atoms with E-state index >= 15 is 0 Å². The Kier molecular flexibility index (Phi) is 7.52. The lowest BCUT2D eigenvalue weighted by atomic mass is 9.97. The SMILES string of the molecule is CN1CCc2sc(NC(=O)C(OC3CCCCC3)c3ccc(S(=O)(=O)C4CCCC4)cn3)nc2C1. The van der Waals surface area contributed by atoms with Gasteiger partial charge in [-0.25, -0.2) is 13.4 Å². The number of likely N-dealkylation sites (N-methyl/N-ethyl adjacent to an activating group) is 1. The Morgan fingerprint density at radius 2 is 1.89 bits per heavy atom. The van der Waals surface area contributed by atoms with E-state index < -0.39 is 15.9 Å². The standard InChI is InChI=1S/C25H34N4O4S2/c1-29-14-13-22-21(16-29)27-25(34-22)28-24(30)23(33-17-7-3-2-4-8-17)20-12-11-19(15-26-20)35(31,32)18-9-5-6-10-18/h11-12,15,17-18,23H,2-10,13-14,16H2,1H3,(H,27,28,30). The molecule has 0 bridgehead atoms. The number of nitrogens with zero attached hydrogens (tertiary/aromatic N) is 3. The fourth-order valence-corrected chi connectivity index (χ4v) is 8.08. The van der Waals surface area contributed by atoms with E-state index in [9.17, 15) is 13.2 Å². The number of carbonyl (C=O) groups is 1. The van der Waals surface area contributed by atoms with Crippen molar-refractivity contribution in [1.29, 1.82) is 0 Å². The first-order valence-corrected chi connectivity index (χ1v) is 15.1. The van der Waals surface area contributed by atoms with Crippen molar-refractivity contribution < 1.29 is 17.9 Å². The molecule has 1 unspecified atom stereocenters. The maximum atomic E-state index is 13.4. The molecule has 10 heteroatoms. The molecule has 0 aromatic carbocycles. The van der Waals surface area contributed by atoms with Gasteiger partial charge in [-0.3, -0.25) is 15.1 Å². The van der Waals surface area contributed by atoms with Crippen LogP contribution in [0.1, 0.15) is 80.2 Å². The Morgan fingerprint density at radius 1 is 1.14 bits per heavy atom. The van der Waals surface area contributed by atoms with Gasteiger partial charge in [0.25, 0.3) is 5.91 Å². The van der Waals surface area contributed by atoms with Gasteiger partial charge in [-0.2, -0.15) is 0 Å². The van der Waals surface area contributed by atoms with Gasteiger partial charge in [-0.1, -0.05) is 32.1 Å². The highest BCUT2D eigenvalue weighted by atomic mass is 32.2. The number of hydrogen-bond donors (Lipinski definition) is 1. The summed E-state index contributed by atoms with van der Waals surface area (Å²) in [5.74, 6) is -0.311. The molecule has 190 valence electrons. The molecule has 2 aliphatic carbocycles. The molecule has 1 atom stereocenters. The summed E-state index contributed by atoms with van der Waals surface area (Å²) >= 11 is 1.52. The number of anilines is 1. The highest BCUT2D eigenvalue weighted by molar-refractivity contribution is 7.92. The highest BCUT2D eigenvalue weighted by Crippen LogP contribution is 2.32. The molecule has 0 radical (unpaired) electrons. The van der Waals surface area contributed by atoms with Crippen LogP contribution in [0.5, 0.6) is 0 Å². The molecule has 2 saturated carbocycles. The first-order valence-electron chi connectivity index (χ1n) is 12.7. The van der Waals surface area contributed by atoms with Crippen LogP contribution < -0.4 is 5.32 Å². The average Bonchev–Trinajstić information content (AvgIpc) is 3.53. The first-order chi connectivity index (χ1) is 16.9. The number of nitrogens with one attached hydrogen (secondary N) is 1. The number of rotatable bonds is 7. The maximum absolute atomic E-state index is 13.4. The number of aromatic nitrogens is 2. The molecule has 3 heterocycles. The first kappa shape index (κ1) is 24.8. The smallest absolute Gasteiger partial charge is 0.261 e. The molecular weight excluding hydrogens is 484 g/mol. The van der Waals surface area contributed by atoms with Gasteiger partial charge in [0.05, 0.1) is 27.6 Å². The Bertz CT molecular complexity index is 1140. The summed E-state index contributed by atoms with van der Waals surface area (Å²) in [6.45, 7) is 1.76. The predicted molar refractivity (Wildman–Crippen MR) is 135 cm³/mol. The fraction of sp³-hybridized carbons (Fsp3) is 0.640. The second-order valence-corrected chi connectivity index (χ2v) is 13.3. The monoisotopic (exact) mass is 518 g/mol. The summed E-state index contributed by atoms with van der Waals surface area (Å²) in [5.41, 5.74) is 1.45. The van der Waals surface area contributed by atoms with Crippen molar-refractivity contribution in [1.82, 2.24) is 14.9 Å². The lowest BCUT2D eigenvalue weighted by Gasteiger charge is -2.26. The van der Waals surface area contributed by atoms with Crippen molar-refractivity contribution in [3.8, 4) is 0 Å². The van der Waals surface area contributed by atoms with E-state index in [0.29, 0.717) is 23.7 Å². The van der Waals surface area contributed by atoms with Crippen molar-refractivity contribution >= 4 is 32.2 Å². The van der Waals surface area contributed by atoms with Crippen LogP contribution in [0.3, 0.4) is 0 Å². The van der Waals surface area contributed by atoms with Crippen molar-refractivity contribution in [2.45, 2.75) is 93.1 Å². The molecule has 1 aliphatic heterocycles. The Labute approximate surface area is 211 Å². The van der Waals surface area contributed by atoms with Crippen LogP contribution in [0, 0.1) is 0 Å². The van der Waals surface area contributed by atoms with Crippen LogP contribution in [0.2, 0.25) is 0 Å². The van der Waals surface area contributed by atoms with Crippen LogP contribution in [0.25, 0.3) is 0 Å². The lowest BCUT2D eigenvalue weighted by Crippen LogP contribution is -2.29. The van der Waals surface area contributed by atoms with Gasteiger partial charge in [-0.05, 0) is 51.3 Å². The molecule has 0 saturated heterocycles. The summed E-state index contributed by atoms with van der Waals surface area (Å²) in [5, 5.41) is 3.20. The number of fused-ring (bicyclic) bond motifs is 1. The number of pyridine rings is 1. The lowest BCUT2D eigenvalue weighted by molar-refractivity contribution is -0.133. The van der Waals surface area contributed by atoms with E-state index in [4.69, 9.17) is 4.74 Å². The quantitative estimate of drug-likeness (QED) is 0.584. The van der Waals surface area contributed by atoms with Gasteiger partial charge >= 0.3 is 0 Å². The summed E-state index contributed by atoms with van der Waals surface area (Å²) in [6, 6.07) is 3.22. The number of thiazole rings is 1. The third-order valence-electron chi connectivity index (χ3n) is 7.36. The second-order valence-electron chi connectivity index (χ2n) is 10.0. The Hall–Kier alpha value is -1.88. The molecule has 1 amide bonds. The maximum Gasteiger partial charge on any atom is 0.261 e. The van der Waals surface area contributed by atoms with Crippen LogP contribution in [0.15, 0.2) is 23.2 Å². The van der Waals surface area contributed by atoms with Crippen LogP contribution >= 0.6 is 11.3 Å². The third kappa shape index (κ3) is 5.60. The van der Waals surface area contributed by atoms with Crippen molar-refractivity contribution in [2.24, 2.45) is 0 Å². The van der Waals surface area contributed by atoms with Crippen molar-refractivity contribution in [3.05, 3.63) is 34.6 Å². The zero-order valence-corrected chi connectivity index (χ0v) is 21.9. The Morgan fingerprint density at radius 3 is 2.60 bits per heavy atom. The highest BCUT2D eigenvalue weighted by Gasteiger charge is 2.32. The van der Waals surface area contributed by atoms with E-state index in [2.05, 4.69) is 27.2 Å². The molecule has 8 nitrogen and oxygen atoms in total. The predicted octanol–water partition coefficient (Wildman–Crippen LogP) is 4.27. The van der Waals surface area contributed by atoms with E-state index in [-0.39, 0.29) is 22.2 Å². The van der Waals surface area contributed by atoms with Crippen LogP contribution in [-0.2, 0) is 32.3 Å². The summed E-state index contributed by atoms with van der Waals surface area (Å²) in [6.07, 6.45) is 9.87. The van der Waals surface area contributed by atoms with Gasteiger partial charge in [0.1, 0.15) is 0 Å². The number of ether oxygens (including phenoxy) is 1. The molecule has 35 heavy (non-hydrogen) atoms. The zero-order chi connectivity index (χ0) is 24.4. The third-order valence-corrected chi connectivity index (χ3v) is 10.7. The minimum absolute atomic E-state index is 0.0126.